The molecule has 0 spiro atoms. The van der Waals surface area contributed by atoms with E-state index >= 15 is 0 Å². The molecule has 30 heavy (non-hydrogen) atoms. The number of Topliss-reactive ketones (excluding diaryl/α,β-unsaturated/α-hetero) is 4. The molecule has 0 aliphatic heterocycles. The molecule has 4 atom stereocenters. The maximum Gasteiger partial charge on any atom is 0.211 e. The van der Waals surface area contributed by atoms with Gasteiger partial charge in [-0.3, -0.25) is 19.2 Å². The van der Waals surface area contributed by atoms with E-state index in [2.05, 4.69) is 0 Å². The van der Waals surface area contributed by atoms with E-state index in [0.29, 0.717) is 0 Å². The molecule has 9 rings (SSSR count). The lowest BCUT2D eigenvalue weighted by atomic mass is 9.57. The Morgan fingerprint density at radius 3 is 0.833 bits per heavy atom. The zero-order chi connectivity index (χ0) is 20.3. The van der Waals surface area contributed by atoms with Crippen molar-refractivity contribution in [2.75, 3.05) is 0 Å². The van der Waals surface area contributed by atoms with Crippen molar-refractivity contribution >= 4 is 23.1 Å². The first-order chi connectivity index (χ1) is 14.6. The van der Waals surface area contributed by atoms with Crippen LogP contribution in [0.15, 0.2) is 60.7 Å². The fraction of sp³-hybridized carbons (Fsp3) is 0.154. The standard InChI is InChI=1S/C26H14O4/c27-23-19-11-5-1-2-6-12(11)20(24(23)28)16-10-18-17(9-15(16)19)21-13-7-3-4-8-14(13)22(18)26(30)25(21)29/h1-10,19-22H. The molecule has 0 fully saturated rings. The fourth-order valence-corrected chi connectivity index (χ4v) is 6.11. The Bertz CT molecular complexity index is 1190. The highest BCUT2D eigenvalue weighted by molar-refractivity contribution is 6.46. The van der Waals surface area contributed by atoms with E-state index in [1.54, 1.807) is 0 Å². The molecule has 0 aromatic heterocycles. The molecule has 6 aliphatic rings. The van der Waals surface area contributed by atoms with Crippen LogP contribution in [0.25, 0.3) is 0 Å². The molecule has 0 N–H and O–H groups in total. The van der Waals surface area contributed by atoms with Crippen molar-refractivity contribution < 1.29 is 19.2 Å². The number of hydrogen-bond donors (Lipinski definition) is 0. The van der Waals surface area contributed by atoms with E-state index < -0.39 is 23.7 Å². The first kappa shape index (κ1) is 16.2. The largest absolute Gasteiger partial charge is 0.290 e. The van der Waals surface area contributed by atoms with Crippen LogP contribution in [0.2, 0.25) is 0 Å². The van der Waals surface area contributed by atoms with E-state index in [1.165, 1.54) is 0 Å². The molecule has 4 heteroatoms. The second kappa shape index (κ2) is 5.08. The first-order valence-electron chi connectivity index (χ1n) is 10.1. The lowest BCUT2D eigenvalue weighted by Crippen LogP contribution is -2.44. The van der Waals surface area contributed by atoms with Gasteiger partial charge in [-0.25, -0.2) is 0 Å². The number of carbonyl (C=O) groups excluding carboxylic acids is 4. The third-order valence-corrected chi connectivity index (χ3v) is 7.30. The maximum absolute atomic E-state index is 12.9. The van der Waals surface area contributed by atoms with Crippen LogP contribution in [0.1, 0.15) is 68.2 Å². The molecular formula is C26H14O4. The molecule has 4 bridgehead atoms. The lowest BCUT2D eigenvalue weighted by molar-refractivity contribution is -0.138. The van der Waals surface area contributed by atoms with Crippen LogP contribution in [0.5, 0.6) is 0 Å². The van der Waals surface area contributed by atoms with Crippen LogP contribution in [-0.4, -0.2) is 23.1 Å². The van der Waals surface area contributed by atoms with Crippen molar-refractivity contribution in [3.05, 3.63) is 105 Å². The van der Waals surface area contributed by atoms with E-state index in [9.17, 15) is 19.2 Å². The Morgan fingerprint density at radius 1 is 0.367 bits per heavy atom. The zero-order valence-electron chi connectivity index (χ0n) is 15.7. The monoisotopic (exact) mass is 390 g/mol. The molecule has 3 aromatic carbocycles. The Hall–Kier alpha value is -3.66. The van der Waals surface area contributed by atoms with Gasteiger partial charge in [0.2, 0.25) is 23.1 Å². The van der Waals surface area contributed by atoms with Crippen molar-refractivity contribution in [1.29, 1.82) is 0 Å². The fourth-order valence-electron chi connectivity index (χ4n) is 6.11. The summed E-state index contributed by atoms with van der Waals surface area (Å²) in [4.78, 5) is 51.5. The second-order valence-corrected chi connectivity index (χ2v) is 8.56. The summed E-state index contributed by atoms with van der Waals surface area (Å²) in [7, 11) is 0. The van der Waals surface area contributed by atoms with Gasteiger partial charge in [-0.2, -0.15) is 0 Å². The number of ketones is 4. The van der Waals surface area contributed by atoms with Gasteiger partial charge in [-0.15, -0.1) is 0 Å². The Balaban J connectivity index is 1.55. The molecule has 142 valence electrons. The summed E-state index contributed by atoms with van der Waals surface area (Å²) < 4.78 is 0. The summed E-state index contributed by atoms with van der Waals surface area (Å²) in [6, 6.07) is 19.1. The van der Waals surface area contributed by atoms with Gasteiger partial charge >= 0.3 is 0 Å². The van der Waals surface area contributed by atoms with Crippen LogP contribution in [-0.2, 0) is 19.2 Å². The minimum Gasteiger partial charge on any atom is -0.290 e. The average molecular weight is 390 g/mol. The van der Waals surface area contributed by atoms with E-state index in [4.69, 9.17) is 0 Å². The van der Waals surface area contributed by atoms with Crippen LogP contribution in [0.3, 0.4) is 0 Å². The topological polar surface area (TPSA) is 68.3 Å². The minimum atomic E-state index is -0.625. The van der Waals surface area contributed by atoms with Gasteiger partial charge < -0.3 is 0 Å². The number of fused-ring (bicyclic) bond motifs is 2. The number of benzene rings is 3. The van der Waals surface area contributed by atoms with Crippen molar-refractivity contribution in [3.63, 3.8) is 0 Å². The van der Waals surface area contributed by atoms with Crippen molar-refractivity contribution in [1.82, 2.24) is 0 Å². The predicted molar refractivity (Wildman–Crippen MR) is 107 cm³/mol. The average Bonchev–Trinajstić information content (AvgIpc) is 2.76. The normalized spacial score (nSPS) is 26.9. The molecule has 4 nitrogen and oxygen atoms in total. The molecule has 0 saturated carbocycles. The Kier molecular flexibility index (Phi) is 2.74. The van der Waals surface area contributed by atoms with Crippen molar-refractivity contribution in [2.45, 2.75) is 23.7 Å². The SMILES string of the molecule is O=C1C(=O)C2c3ccccc3C1c1cc3c(cc12)C1C(=O)C(=O)C3c2ccccc21. The number of hydrogen-bond acceptors (Lipinski definition) is 4. The molecular weight excluding hydrogens is 376 g/mol. The van der Waals surface area contributed by atoms with Crippen LogP contribution in [0.4, 0.5) is 0 Å². The third-order valence-electron chi connectivity index (χ3n) is 7.30. The Labute approximate surface area is 171 Å². The van der Waals surface area contributed by atoms with Gasteiger partial charge in [-0.05, 0) is 44.5 Å². The summed E-state index contributed by atoms with van der Waals surface area (Å²) in [5.74, 6) is -4.02. The first-order valence-corrected chi connectivity index (χ1v) is 10.1. The molecule has 6 aliphatic carbocycles. The number of carbonyl (C=O) groups is 4. The number of rotatable bonds is 0. The van der Waals surface area contributed by atoms with E-state index in [0.717, 1.165) is 44.5 Å². The summed E-state index contributed by atoms with van der Waals surface area (Å²) in [6.07, 6.45) is 0. The maximum atomic E-state index is 12.9. The smallest absolute Gasteiger partial charge is 0.211 e. The van der Waals surface area contributed by atoms with Crippen LogP contribution >= 0.6 is 0 Å². The molecule has 0 amide bonds. The van der Waals surface area contributed by atoms with Gasteiger partial charge in [-0.1, -0.05) is 60.7 Å². The quantitative estimate of drug-likeness (QED) is 0.553. The summed E-state index contributed by atoms with van der Waals surface area (Å²) in [5.41, 5.74) is 6.76. The summed E-state index contributed by atoms with van der Waals surface area (Å²) in [5, 5.41) is 0. The molecule has 0 radical (unpaired) electrons. The summed E-state index contributed by atoms with van der Waals surface area (Å²) in [6.45, 7) is 0. The predicted octanol–water partition coefficient (Wildman–Crippen LogP) is 3.14. The third kappa shape index (κ3) is 1.62. The van der Waals surface area contributed by atoms with Gasteiger partial charge in [0.1, 0.15) is 0 Å². The molecule has 4 unspecified atom stereocenters. The van der Waals surface area contributed by atoms with Crippen molar-refractivity contribution in [3.8, 4) is 0 Å². The zero-order valence-corrected chi connectivity index (χ0v) is 15.7. The minimum absolute atomic E-state index is 0.380. The molecule has 3 aromatic rings. The molecule has 0 heterocycles. The van der Waals surface area contributed by atoms with Gasteiger partial charge in [0.05, 0.1) is 23.7 Å². The van der Waals surface area contributed by atoms with Gasteiger partial charge in [0.15, 0.2) is 0 Å². The van der Waals surface area contributed by atoms with E-state index in [-0.39, 0.29) is 23.1 Å². The highest BCUT2D eigenvalue weighted by atomic mass is 16.2. The Morgan fingerprint density at radius 2 is 0.600 bits per heavy atom. The highest BCUT2D eigenvalue weighted by Gasteiger charge is 2.53. The van der Waals surface area contributed by atoms with Crippen LogP contribution < -0.4 is 0 Å². The summed E-state index contributed by atoms with van der Waals surface area (Å²) >= 11 is 0. The highest BCUT2D eigenvalue weighted by Crippen LogP contribution is 2.55. The van der Waals surface area contributed by atoms with Crippen molar-refractivity contribution in [2.24, 2.45) is 0 Å². The van der Waals surface area contributed by atoms with Gasteiger partial charge in [0, 0.05) is 0 Å². The molecule has 0 saturated heterocycles. The van der Waals surface area contributed by atoms with E-state index in [1.807, 2.05) is 60.7 Å². The lowest BCUT2D eigenvalue weighted by Gasteiger charge is -2.42. The van der Waals surface area contributed by atoms with Gasteiger partial charge in [0.25, 0.3) is 0 Å². The van der Waals surface area contributed by atoms with Crippen LogP contribution in [0, 0.1) is 0 Å². The second-order valence-electron chi connectivity index (χ2n) is 8.56.